The fraction of sp³-hybridized carbons (Fsp3) is 0.500. The maximum Gasteiger partial charge on any atom is 0.338 e. The number of amides is 1. The Morgan fingerprint density at radius 2 is 1.71 bits per heavy atom. The Balaban J connectivity index is 1.54. The fourth-order valence-corrected chi connectivity index (χ4v) is 4.21. The molecule has 150 valence electrons. The number of carboxylic acids is 1. The van der Waals surface area contributed by atoms with E-state index < -0.39 is 17.8 Å². The van der Waals surface area contributed by atoms with Gasteiger partial charge in [0.2, 0.25) is 5.91 Å². The molecule has 28 heavy (non-hydrogen) atoms. The summed E-state index contributed by atoms with van der Waals surface area (Å²) in [6, 6.07) is 6.51. The van der Waals surface area contributed by atoms with E-state index in [1.165, 1.54) is 0 Å². The molecule has 0 aliphatic heterocycles. The van der Waals surface area contributed by atoms with E-state index in [2.05, 4.69) is 12.2 Å². The molecule has 6 nitrogen and oxygen atoms in total. The average Bonchev–Trinajstić information content (AvgIpc) is 3.29. The van der Waals surface area contributed by atoms with Crippen LogP contribution in [0.15, 0.2) is 36.4 Å². The minimum absolute atomic E-state index is 0.0203. The lowest BCUT2D eigenvalue weighted by atomic mass is 9.82. The lowest BCUT2D eigenvalue weighted by Gasteiger charge is -2.23. The standard InChI is InChI=1S/C22H27NO5/c1-2-3-4-5-12-28-22(27)14-8-10-17(11-9-14)23-20(24)18-15-6-7-16(13-15)19(18)21(25)26/h6-11,15-16,18-19H,2-5,12-13H2,1H3,(H,23,24)(H,25,26)/t15-,16+,18-,19+/m1/s1. The highest BCUT2D eigenvalue weighted by Gasteiger charge is 2.51. The number of anilines is 1. The van der Waals surface area contributed by atoms with Gasteiger partial charge in [-0.1, -0.05) is 38.3 Å². The molecule has 1 amide bonds. The summed E-state index contributed by atoms with van der Waals surface area (Å²) in [7, 11) is 0. The number of ether oxygens (including phenoxy) is 1. The van der Waals surface area contributed by atoms with Crippen LogP contribution < -0.4 is 5.32 Å². The van der Waals surface area contributed by atoms with E-state index >= 15 is 0 Å². The topological polar surface area (TPSA) is 92.7 Å². The normalized spacial score (nSPS) is 24.9. The van der Waals surface area contributed by atoms with Crippen molar-refractivity contribution in [3.8, 4) is 0 Å². The van der Waals surface area contributed by atoms with Gasteiger partial charge in [-0.2, -0.15) is 0 Å². The summed E-state index contributed by atoms with van der Waals surface area (Å²) in [5.41, 5.74) is 0.972. The Bertz CT molecular complexity index is 755. The van der Waals surface area contributed by atoms with Crippen molar-refractivity contribution >= 4 is 23.5 Å². The second-order valence-corrected chi connectivity index (χ2v) is 7.60. The number of allylic oxidation sites excluding steroid dienone is 2. The molecule has 1 saturated carbocycles. The van der Waals surface area contributed by atoms with Crippen LogP contribution in [-0.2, 0) is 14.3 Å². The first-order valence-corrected chi connectivity index (χ1v) is 10.0. The van der Waals surface area contributed by atoms with E-state index in [1.807, 2.05) is 12.2 Å². The Morgan fingerprint density at radius 3 is 2.36 bits per heavy atom. The smallest absolute Gasteiger partial charge is 0.338 e. The maximum atomic E-state index is 12.7. The molecule has 2 aliphatic carbocycles. The molecule has 0 unspecified atom stereocenters. The van der Waals surface area contributed by atoms with Gasteiger partial charge in [-0.05, 0) is 48.9 Å². The first-order valence-electron chi connectivity index (χ1n) is 10.0. The third-order valence-electron chi connectivity index (χ3n) is 5.67. The number of hydrogen-bond donors (Lipinski definition) is 2. The van der Waals surface area contributed by atoms with Gasteiger partial charge in [0.05, 0.1) is 24.0 Å². The van der Waals surface area contributed by atoms with Gasteiger partial charge >= 0.3 is 11.9 Å². The molecule has 0 radical (unpaired) electrons. The van der Waals surface area contributed by atoms with Gasteiger partial charge in [0.15, 0.2) is 0 Å². The zero-order valence-corrected chi connectivity index (χ0v) is 16.1. The average molecular weight is 385 g/mol. The van der Waals surface area contributed by atoms with Gasteiger partial charge in [0, 0.05) is 5.69 Å². The Labute approximate surface area is 165 Å². The molecule has 1 aromatic carbocycles. The molecule has 1 aromatic rings. The van der Waals surface area contributed by atoms with Crippen molar-refractivity contribution in [1.29, 1.82) is 0 Å². The number of aliphatic carboxylic acids is 1. The fourth-order valence-electron chi connectivity index (χ4n) is 4.21. The quantitative estimate of drug-likeness (QED) is 0.382. The van der Waals surface area contributed by atoms with Crippen LogP contribution in [0.3, 0.4) is 0 Å². The summed E-state index contributed by atoms with van der Waals surface area (Å²) < 4.78 is 5.25. The van der Waals surface area contributed by atoms with Crippen LogP contribution in [0.25, 0.3) is 0 Å². The van der Waals surface area contributed by atoms with Crippen molar-refractivity contribution in [1.82, 2.24) is 0 Å². The molecule has 0 spiro atoms. The predicted molar refractivity (Wildman–Crippen MR) is 105 cm³/mol. The van der Waals surface area contributed by atoms with Crippen molar-refractivity contribution in [3.05, 3.63) is 42.0 Å². The summed E-state index contributed by atoms with van der Waals surface area (Å²) in [6.07, 6.45) is 8.75. The number of carbonyl (C=O) groups excluding carboxylic acids is 2. The van der Waals surface area contributed by atoms with Gasteiger partial charge in [-0.15, -0.1) is 0 Å². The largest absolute Gasteiger partial charge is 0.481 e. The Kier molecular flexibility index (Phi) is 6.49. The van der Waals surface area contributed by atoms with Crippen molar-refractivity contribution in [2.45, 2.75) is 39.0 Å². The molecule has 2 bridgehead atoms. The molecule has 6 heteroatoms. The van der Waals surface area contributed by atoms with E-state index in [0.29, 0.717) is 17.9 Å². The molecule has 1 fully saturated rings. The molecule has 4 atom stereocenters. The lowest BCUT2D eigenvalue weighted by molar-refractivity contribution is -0.146. The first kappa shape index (κ1) is 20.1. The highest BCUT2D eigenvalue weighted by Crippen LogP contribution is 2.48. The number of carbonyl (C=O) groups is 3. The Hall–Kier alpha value is -2.63. The van der Waals surface area contributed by atoms with Crippen LogP contribution >= 0.6 is 0 Å². The van der Waals surface area contributed by atoms with Crippen LogP contribution in [0.2, 0.25) is 0 Å². The number of rotatable bonds is 9. The Morgan fingerprint density at radius 1 is 1.04 bits per heavy atom. The summed E-state index contributed by atoms with van der Waals surface area (Å²) >= 11 is 0. The summed E-state index contributed by atoms with van der Waals surface area (Å²) in [6.45, 7) is 2.54. The highest BCUT2D eigenvalue weighted by atomic mass is 16.5. The van der Waals surface area contributed by atoms with Crippen LogP contribution in [0.1, 0.15) is 49.4 Å². The molecule has 0 heterocycles. The van der Waals surface area contributed by atoms with E-state index in [1.54, 1.807) is 24.3 Å². The lowest BCUT2D eigenvalue weighted by Crippen LogP contribution is -2.36. The molecule has 3 rings (SSSR count). The zero-order valence-electron chi connectivity index (χ0n) is 16.1. The third-order valence-corrected chi connectivity index (χ3v) is 5.67. The van der Waals surface area contributed by atoms with E-state index in [-0.39, 0.29) is 23.7 Å². The number of esters is 1. The SMILES string of the molecule is CCCCCCOC(=O)c1ccc(NC(=O)[C@H]2[C@@H](C(=O)O)[C@H]3C=C[C@@H]2C3)cc1. The van der Waals surface area contributed by atoms with Gasteiger partial charge in [0.25, 0.3) is 0 Å². The molecular formula is C22H27NO5. The first-order chi connectivity index (χ1) is 13.5. The minimum Gasteiger partial charge on any atom is -0.481 e. The van der Waals surface area contributed by atoms with E-state index in [0.717, 1.165) is 32.1 Å². The van der Waals surface area contributed by atoms with E-state index in [4.69, 9.17) is 4.74 Å². The molecule has 0 aromatic heterocycles. The minimum atomic E-state index is -0.922. The number of nitrogens with one attached hydrogen (secondary N) is 1. The van der Waals surface area contributed by atoms with Crippen LogP contribution in [0.5, 0.6) is 0 Å². The summed E-state index contributed by atoms with van der Waals surface area (Å²) in [5, 5.41) is 12.3. The number of unbranched alkanes of at least 4 members (excludes halogenated alkanes) is 3. The van der Waals surface area contributed by atoms with Gasteiger partial charge in [0.1, 0.15) is 0 Å². The monoisotopic (exact) mass is 385 g/mol. The summed E-state index contributed by atoms with van der Waals surface area (Å²) in [5.74, 6) is -2.89. The second-order valence-electron chi connectivity index (χ2n) is 7.60. The number of fused-ring (bicyclic) bond motifs is 2. The number of benzene rings is 1. The number of carboxylic acid groups (broad SMARTS) is 1. The molecule has 2 N–H and O–H groups in total. The van der Waals surface area contributed by atoms with Crippen molar-refractivity contribution in [2.75, 3.05) is 11.9 Å². The third kappa shape index (κ3) is 4.43. The second kappa shape index (κ2) is 9.04. The molecule has 2 aliphatic rings. The van der Waals surface area contributed by atoms with Crippen LogP contribution in [-0.4, -0.2) is 29.6 Å². The van der Waals surface area contributed by atoms with Gasteiger partial charge in [-0.3, -0.25) is 9.59 Å². The van der Waals surface area contributed by atoms with Crippen LogP contribution in [0, 0.1) is 23.7 Å². The number of hydrogen-bond acceptors (Lipinski definition) is 4. The zero-order chi connectivity index (χ0) is 20.1. The van der Waals surface area contributed by atoms with Gasteiger partial charge in [-0.25, -0.2) is 4.79 Å². The van der Waals surface area contributed by atoms with Crippen molar-refractivity contribution < 1.29 is 24.2 Å². The van der Waals surface area contributed by atoms with Crippen molar-refractivity contribution in [2.24, 2.45) is 23.7 Å². The maximum absolute atomic E-state index is 12.7. The predicted octanol–water partition coefficient (Wildman–Crippen LogP) is 3.89. The summed E-state index contributed by atoms with van der Waals surface area (Å²) in [4.78, 5) is 36.3. The van der Waals surface area contributed by atoms with Crippen LogP contribution in [0.4, 0.5) is 5.69 Å². The van der Waals surface area contributed by atoms with Crippen molar-refractivity contribution in [3.63, 3.8) is 0 Å². The molecular weight excluding hydrogens is 358 g/mol. The highest BCUT2D eigenvalue weighted by molar-refractivity contribution is 5.97. The van der Waals surface area contributed by atoms with Gasteiger partial charge < -0.3 is 15.2 Å². The van der Waals surface area contributed by atoms with E-state index in [9.17, 15) is 19.5 Å². The molecule has 0 saturated heterocycles.